The second-order valence-corrected chi connectivity index (χ2v) is 2.95. The van der Waals surface area contributed by atoms with Crippen molar-refractivity contribution in [3.05, 3.63) is 27.8 Å². The first-order chi connectivity index (χ1) is 6.97. The number of nitro groups is 1. The molecule has 15 heavy (non-hydrogen) atoms. The van der Waals surface area contributed by atoms with E-state index in [-0.39, 0.29) is 5.56 Å². The number of phenolic OH excluding ortho intramolecular Hbond substituents is 2. The Bertz CT molecular complexity index is 393. The number of phenols is 2. The fraction of sp³-hybridized carbons (Fsp3) is 0.250. The van der Waals surface area contributed by atoms with E-state index >= 15 is 0 Å². The number of aromatic hydroxyl groups is 2. The van der Waals surface area contributed by atoms with Crippen LogP contribution in [0.15, 0.2) is 12.1 Å². The van der Waals surface area contributed by atoms with Crippen LogP contribution in [0, 0.1) is 10.1 Å². The summed E-state index contributed by atoms with van der Waals surface area (Å²) in [5.41, 5.74) is 4.95. The molecule has 5 N–H and O–H groups in total. The van der Waals surface area contributed by atoms with E-state index in [1.807, 2.05) is 0 Å². The molecule has 0 aromatic heterocycles. The van der Waals surface area contributed by atoms with Crippen LogP contribution in [-0.2, 0) is 0 Å². The van der Waals surface area contributed by atoms with Crippen molar-refractivity contribution in [3.8, 4) is 11.5 Å². The molecule has 7 nitrogen and oxygen atoms in total. The van der Waals surface area contributed by atoms with Crippen molar-refractivity contribution in [3.63, 3.8) is 0 Å². The molecule has 0 aliphatic carbocycles. The fourth-order valence-corrected chi connectivity index (χ4v) is 1.08. The molecule has 0 saturated heterocycles. The molecule has 0 amide bonds. The van der Waals surface area contributed by atoms with Crippen LogP contribution in [0.2, 0.25) is 0 Å². The Morgan fingerprint density at radius 3 is 2.53 bits per heavy atom. The Labute approximate surface area is 84.5 Å². The van der Waals surface area contributed by atoms with Crippen LogP contribution in [0.1, 0.15) is 11.6 Å². The smallest absolute Gasteiger partial charge is 0.314 e. The van der Waals surface area contributed by atoms with E-state index in [9.17, 15) is 15.2 Å². The molecule has 1 atom stereocenters. The zero-order chi connectivity index (χ0) is 11.6. The summed E-state index contributed by atoms with van der Waals surface area (Å²) in [5, 5.41) is 37.5. The van der Waals surface area contributed by atoms with Crippen molar-refractivity contribution < 1.29 is 20.2 Å². The first-order valence-corrected chi connectivity index (χ1v) is 4.04. The lowest BCUT2D eigenvalue weighted by Crippen LogP contribution is -2.14. The molecule has 7 heteroatoms. The van der Waals surface area contributed by atoms with Crippen LogP contribution in [0.4, 0.5) is 5.69 Å². The highest BCUT2D eigenvalue weighted by Gasteiger charge is 2.20. The molecular weight excluding hydrogens is 204 g/mol. The van der Waals surface area contributed by atoms with Gasteiger partial charge in [-0.3, -0.25) is 10.1 Å². The van der Waals surface area contributed by atoms with Gasteiger partial charge in [-0.15, -0.1) is 0 Å². The third-order valence-corrected chi connectivity index (χ3v) is 1.91. The molecule has 1 aromatic rings. The van der Waals surface area contributed by atoms with Crippen LogP contribution >= 0.6 is 0 Å². The lowest BCUT2D eigenvalue weighted by molar-refractivity contribution is -0.386. The molecule has 0 aliphatic rings. The van der Waals surface area contributed by atoms with Crippen molar-refractivity contribution in [1.29, 1.82) is 0 Å². The van der Waals surface area contributed by atoms with Gasteiger partial charge >= 0.3 is 5.69 Å². The standard InChI is InChI=1S/C8H10N2O5/c9-5(3-11)4-1-6(10(14)15)8(13)7(12)2-4/h1-2,5,11-13H,3,9H2/t5-/m0/s1. The third kappa shape index (κ3) is 2.14. The largest absolute Gasteiger partial charge is 0.504 e. The number of hydrogen-bond donors (Lipinski definition) is 4. The quantitative estimate of drug-likeness (QED) is 0.318. The zero-order valence-corrected chi connectivity index (χ0v) is 7.62. The lowest BCUT2D eigenvalue weighted by atomic mass is 10.1. The molecular formula is C8H10N2O5. The minimum absolute atomic E-state index is 0.180. The van der Waals surface area contributed by atoms with E-state index in [1.165, 1.54) is 0 Å². The van der Waals surface area contributed by atoms with E-state index in [0.717, 1.165) is 12.1 Å². The Balaban J connectivity index is 3.29. The number of aliphatic hydroxyl groups excluding tert-OH is 1. The summed E-state index contributed by atoms with van der Waals surface area (Å²) in [6.07, 6.45) is 0. The summed E-state index contributed by atoms with van der Waals surface area (Å²) in [6, 6.07) is 1.24. The van der Waals surface area contributed by atoms with Crippen LogP contribution in [0.25, 0.3) is 0 Å². The van der Waals surface area contributed by atoms with Gasteiger partial charge in [-0.1, -0.05) is 0 Å². The zero-order valence-electron chi connectivity index (χ0n) is 7.62. The molecule has 0 heterocycles. The highest BCUT2D eigenvalue weighted by Crippen LogP contribution is 2.37. The van der Waals surface area contributed by atoms with Gasteiger partial charge in [0.25, 0.3) is 0 Å². The molecule has 0 bridgehead atoms. The summed E-state index contributed by atoms with van der Waals surface area (Å²) in [5.74, 6) is -1.45. The first-order valence-electron chi connectivity index (χ1n) is 4.04. The summed E-state index contributed by atoms with van der Waals surface area (Å²) in [6.45, 7) is -0.415. The van der Waals surface area contributed by atoms with Gasteiger partial charge in [0.05, 0.1) is 17.6 Å². The maximum absolute atomic E-state index is 10.5. The molecule has 1 aromatic carbocycles. The van der Waals surface area contributed by atoms with Crippen molar-refractivity contribution in [1.82, 2.24) is 0 Å². The van der Waals surface area contributed by atoms with Gasteiger partial charge < -0.3 is 21.1 Å². The molecule has 0 aliphatic heterocycles. The molecule has 82 valence electrons. The Morgan fingerprint density at radius 2 is 2.07 bits per heavy atom. The second-order valence-electron chi connectivity index (χ2n) is 2.95. The monoisotopic (exact) mass is 214 g/mol. The van der Waals surface area contributed by atoms with Gasteiger partial charge in [-0.2, -0.15) is 0 Å². The van der Waals surface area contributed by atoms with E-state index < -0.39 is 34.8 Å². The summed E-state index contributed by atoms with van der Waals surface area (Å²) in [4.78, 5) is 9.62. The summed E-state index contributed by atoms with van der Waals surface area (Å²) in [7, 11) is 0. The number of aliphatic hydroxyl groups is 1. The maximum Gasteiger partial charge on any atom is 0.314 e. The highest BCUT2D eigenvalue weighted by molar-refractivity contribution is 5.56. The average molecular weight is 214 g/mol. The average Bonchev–Trinajstić information content (AvgIpc) is 2.20. The van der Waals surface area contributed by atoms with E-state index in [1.54, 1.807) is 0 Å². The number of nitro benzene ring substituents is 1. The van der Waals surface area contributed by atoms with Crippen molar-refractivity contribution >= 4 is 5.69 Å². The topological polar surface area (TPSA) is 130 Å². The molecule has 0 spiro atoms. The molecule has 0 saturated carbocycles. The Hall–Kier alpha value is -1.86. The predicted molar refractivity (Wildman–Crippen MR) is 50.4 cm³/mol. The SMILES string of the molecule is N[C@@H](CO)c1cc(O)c(O)c([N+](=O)[O-])c1. The summed E-state index contributed by atoms with van der Waals surface area (Å²) >= 11 is 0. The summed E-state index contributed by atoms with van der Waals surface area (Å²) < 4.78 is 0. The van der Waals surface area contributed by atoms with Crippen molar-refractivity contribution in [2.24, 2.45) is 5.73 Å². The first kappa shape index (κ1) is 11.2. The molecule has 0 fully saturated rings. The normalized spacial score (nSPS) is 12.4. The van der Waals surface area contributed by atoms with Crippen LogP contribution in [0.5, 0.6) is 11.5 Å². The minimum Gasteiger partial charge on any atom is -0.504 e. The number of hydrogen-bond acceptors (Lipinski definition) is 6. The van der Waals surface area contributed by atoms with Crippen LogP contribution in [-0.4, -0.2) is 26.8 Å². The lowest BCUT2D eigenvalue weighted by Gasteiger charge is -2.09. The molecule has 0 unspecified atom stereocenters. The van der Waals surface area contributed by atoms with Gasteiger partial charge in [0.2, 0.25) is 5.75 Å². The fourth-order valence-electron chi connectivity index (χ4n) is 1.08. The van der Waals surface area contributed by atoms with Crippen LogP contribution in [0.3, 0.4) is 0 Å². The van der Waals surface area contributed by atoms with Crippen molar-refractivity contribution in [2.75, 3.05) is 6.61 Å². The van der Waals surface area contributed by atoms with Gasteiger partial charge in [-0.25, -0.2) is 0 Å². The van der Waals surface area contributed by atoms with Crippen molar-refractivity contribution in [2.45, 2.75) is 6.04 Å². The second kappa shape index (κ2) is 4.11. The minimum atomic E-state index is -0.845. The van der Waals surface area contributed by atoms with Gasteiger partial charge in [0.15, 0.2) is 5.75 Å². The number of benzene rings is 1. The van der Waals surface area contributed by atoms with E-state index in [4.69, 9.17) is 15.9 Å². The van der Waals surface area contributed by atoms with Gasteiger partial charge in [0, 0.05) is 6.07 Å². The van der Waals surface area contributed by atoms with Gasteiger partial charge in [0.1, 0.15) is 0 Å². The van der Waals surface area contributed by atoms with Gasteiger partial charge in [-0.05, 0) is 11.6 Å². The maximum atomic E-state index is 10.5. The molecule has 0 radical (unpaired) electrons. The number of nitrogens with zero attached hydrogens (tertiary/aromatic N) is 1. The number of nitrogens with two attached hydrogens (primary N) is 1. The van der Waals surface area contributed by atoms with E-state index in [0.29, 0.717) is 0 Å². The molecule has 1 rings (SSSR count). The number of rotatable bonds is 3. The highest BCUT2D eigenvalue weighted by atomic mass is 16.6. The predicted octanol–water partition coefficient (Wildman–Crippen LogP) is -0.00190. The Morgan fingerprint density at radius 1 is 1.47 bits per heavy atom. The Kier molecular flexibility index (Phi) is 3.08. The van der Waals surface area contributed by atoms with Crippen LogP contribution < -0.4 is 5.73 Å². The third-order valence-electron chi connectivity index (χ3n) is 1.91. The van der Waals surface area contributed by atoms with E-state index in [2.05, 4.69) is 0 Å².